The lowest BCUT2D eigenvalue weighted by Crippen LogP contribution is -2.39. The number of carbonyl (C=O) groups excluding carboxylic acids is 1. The van der Waals surface area contributed by atoms with Gasteiger partial charge < -0.3 is 9.42 Å². The van der Waals surface area contributed by atoms with E-state index < -0.39 is 0 Å². The molecule has 2 aromatic heterocycles. The molecule has 5 rings (SSSR count). The molecule has 1 aliphatic heterocycles. The second kappa shape index (κ2) is 7.44. The third-order valence-electron chi connectivity index (χ3n) is 5.49. The molecular weight excluding hydrogens is 382 g/mol. The van der Waals surface area contributed by atoms with Crippen molar-refractivity contribution in [1.29, 1.82) is 0 Å². The molecule has 0 radical (unpaired) electrons. The van der Waals surface area contributed by atoms with E-state index in [0.29, 0.717) is 23.6 Å². The summed E-state index contributed by atoms with van der Waals surface area (Å²) in [5.74, 6) is 0.829. The summed E-state index contributed by atoms with van der Waals surface area (Å²) in [7, 11) is 0. The fourth-order valence-electron chi connectivity index (χ4n) is 4.00. The molecule has 1 saturated heterocycles. The van der Waals surface area contributed by atoms with Crippen molar-refractivity contribution < 1.29 is 9.32 Å². The van der Waals surface area contributed by atoms with Gasteiger partial charge >= 0.3 is 0 Å². The van der Waals surface area contributed by atoms with Crippen LogP contribution in [0.5, 0.6) is 0 Å². The van der Waals surface area contributed by atoms with Crippen molar-refractivity contribution in [1.82, 2.24) is 15.0 Å². The molecule has 0 bridgehead atoms. The smallest absolute Gasteiger partial charge is 0.259 e. The van der Waals surface area contributed by atoms with Crippen LogP contribution < -0.4 is 0 Å². The first-order chi connectivity index (χ1) is 14.2. The third kappa shape index (κ3) is 3.34. The zero-order valence-corrected chi connectivity index (χ0v) is 17.0. The minimum absolute atomic E-state index is 0.00610. The zero-order valence-electron chi connectivity index (χ0n) is 16.2. The van der Waals surface area contributed by atoms with Crippen LogP contribution in [0.1, 0.15) is 39.9 Å². The Morgan fingerprint density at radius 1 is 1.14 bits per heavy atom. The van der Waals surface area contributed by atoms with E-state index in [9.17, 15) is 4.79 Å². The summed E-state index contributed by atoms with van der Waals surface area (Å²) in [5, 5.41) is 5.29. The fourth-order valence-corrected chi connectivity index (χ4v) is 5.10. The number of benzene rings is 2. The van der Waals surface area contributed by atoms with E-state index in [1.165, 1.54) is 4.70 Å². The fraction of sp³-hybridized carbons (Fsp3) is 0.261. The number of para-hydroxylation sites is 1. The Balaban J connectivity index is 1.43. The average Bonchev–Trinajstić information content (AvgIpc) is 3.37. The molecule has 1 aliphatic rings. The van der Waals surface area contributed by atoms with Gasteiger partial charge in [-0.15, -0.1) is 11.3 Å². The van der Waals surface area contributed by atoms with E-state index in [2.05, 4.69) is 11.2 Å². The summed E-state index contributed by atoms with van der Waals surface area (Å²) in [6.45, 7) is 3.23. The number of fused-ring (bicyclic) bond motifs is 1. The number of aryl methyl sites for hydroxylation is 1. The van der Waals surface area contributed by atoms with Crippen molar-refractivity contribution in [3.8, 4) is 11.3 Å². The van der Waals surface area contributed by atoms with Crippen LogP contribution in [0.4, 0.5) is 0 Å². The first-order valence-electron chi connectivity index (χ1n) is 9.87. The van der Waals surface area contributed by atoms with Crippen LogP contribution in [0, 0.1) is 6.92 Å². The summed E-state index contributed by atoms with van der Waals surface area (Å²) in [6, 6.07) is 18.0. The maximum atomic E-state index is 13.4. The molecule has 1 fully saturated rings. The number of piperidine rings is 1. The molecule has 6 heteroatoms. The first kappa shape index (κ1) is 18.1. The van der Waals surface area contributed by atoms with Gasteiger partial charge in [0, 0.05) is 24.6 Å². The number of hydrogen-bond donors (Lipinski definition) is 0. The average molecular weight is 404 g/mol. The molecule has 0 N–H and O–H groups in total. The summed E-state index contributed by atoms with van der Waals surface area (Å²) >= 11 is 1.74. The Labute approximate surface area is 173 Å². The molecule has 0 unspecified atom stereocenters. The van der Waals surface area contributed by atoms with Crippen LogP contribution in [0.15, 0.2) is 59.1 Å². The van der Waals surface area contributed by atoms with Gasteiger partial charge in [-0.3, -0.25) is 4.79 Å². The van der Waals surface area contributed by atoms with Gasteiger partial charge in [0.25, 0.3) is 5.91 Å². The van der Waals surface area contributed by atoms with Crippen LogP contribution in [-0.4, -0.2) is 34.0 Å². The molecule has 29 heavy (non-hydrogen) atoms. The van der Waals surface area contributed by atoms with Gasteiger partial charge in [-0.25, -0.2) is 4.98 Å². The van der Waals surface area contributed by atoms with Crippen LogP contribution in [0.2, 0.25) is 0 Å². The van der Waals surface area contributed by atoms with E-state index >= 15 is 0 Å². The lowest BCUT2D eigenvalue weighted by atomic mass is 9.97. The molecule has 2 aromatic carbocycles. The largest absolute Gasteiger partial charge is 0.360 e. The SMILES string of the molecule is Cc1onc(-c2ccccc2)c1C(=O)N1CCC[C@H](c2nc3ccccc3s2)C1. The highest BCUT2D eigenvalue weighted by molar-refractivity contribution is 7.18. The Hall–Kier alpha value is -2.99. The summed E-state index contributed by atoms with van der Waals surface area (Å²) < 4.78 is 6.61. The monoisotopic (exact) mass is 403 g/mol. The number of hydrogen-bond acceptors (Lipinski definition) is 5. The molecule has 146 valence electrons. The number of thiazole rings is 1. The van der Waals surface area contributed by atoms with E-state index in [-0.39, 0.29) is 11.8 Å². The van der Waals surface area contributed by atoms with E-state index in [4.69, 9.17) is 9.51 Å². The molecule has 3 heterocycles. The van der Waals surface area contributed by atoms with Crippen molar-refractivity contribution >= 4 is 27.5 Å². The molecular formula is C23H21N3O2S. The van der Waals surface area contributed by atoms with Gasteiger partial charge in [-0.2, -0.15) is 0 Å². The van der Waals surface area contributed by atoms with Gasteiger partial charge in [-0.1, -0.05) is 47.6 Å². The minimum atomic E-state index is -0.00610. The van der Waals surface area contributed by atoms with Crippen molar-refractivity contribution in [2.24, 2.45) is 0 Å². The van der Waals surface area contributed by atoms with E-state index in [0.717, 1.165) is 35.5 Å². The predicted octanol–water partition coefficient (Wildman–Crippen LogP) is 5.28. The highest BCUT2D eigenvalue weighted by atomic mass is 32.1. The van der Waals surface area contributed by atoms with Crippen molar-refractivity contribution in [3.05, 3.63) is 70.9 Å². The predicted molar refractivity (Wildman–Crippen MR) is 114 cm³/mol. The molecule has 0 spiro atoms. The number of aromatic nitrogens is 2. The maximum Gasteiger partial charge on any atom is 0.259 e. The van der Waals surface area contributed by atoms with Gasteiger partial charge in [0.15, 0.2) is 0 Å². The molecule has 1 amide bonds. The Kier molecular flexibility index (Phi) is 4.64. The second-order valence-electron chi connectivity index (χ2n) is 7.44. The Morgan fingerprint density at radius 3 is 2.76 bits per heavy atom. The molecule has 4 aromatic rings. The third-order valence-corrected chi connectivity index (χ3v) is 6.69. The van der Waals surface area contributed by atoms with Gasteiger partial charge in [0.1, 0.15) is 17.0 Å². The summed E-state index contributed by atoms with van der Waals surface area (Å²) in [4.78, 5) is 20.2. The van der Waals surface area contributed by atoms with E-state index in [1.54, 1.807) is 11.3 Å². The summed E-state index contributed by atoms with van der Waals surface area (Å²) in [5.41, 5.74) is 3.13. The number of likely N-dealkylation sites (tertiary alicyclic amines) is 1. The molecule has 0 saturated carbocycles. The van der Waals surface area contributed by atoms with Crippen LogP contribution in [-0.2, 0) is 0 Å². The topological polar surface area (TPSA) is 59.2 Å². The molecule has 5 nitrogen and oxygen atoms in total. The Bertz CT molecular complexity index is 1130. The van der Waals surface area contributed by atoms with Crippen molar-refractivity contribution in [2.75, 3.05) is 13.1 Å². The quantitative estimate of drug-likeness (QED) is 0.467. The Morgan fingerprint density at radius 2 is 1.93 bits per heavy atom. The van der Waals surface area contributed by atoms with E-state index in [1.807, 2.05) is 60.4 Å². The number of carbonyl (C=O) groups is 1. The molecule has 1 atom stereocenters. The number of nitrogens with zero attached hydrogens (tertiary/aromatic N) is 3. The van der Waals surface area contributed by atoms with Crippen molar-refractivity contribution in [3.63, 3.8) is 0 Å². The number of rotatable bonds is 3. The zero-order chi connectivity index (χ0) is 19.8. The lowest BCUT2D eigenvalue weighted by Gasteiger charge is -2.31. The number of amides is 1. The normalized spacial score (nSPS) is 17.0. The van der Waals surface area contributed by atoms with Crippen LogP contribution in [0.3, 0.4) is 0 Å². The van der Waals surface area contributed by atoms with Gasteiger partial charge in [0.2, 0.25) is 0 Å². The lowest BCUT2D eigenvalue weighted by molar-refractivity contribution is 0.0706. The summed E-state index contributed by atoms with van der Waals surface area (Å²) in [6.07, 6.45) is 2.02. The highest BCUT2D eigenvalue weighted by Crippen LogP contribution is 2.34. The standard InChI is InChI=1S/C23H21N3O2S/c1-15-20(21(25-28-15)16-8-3-2-4-9-16)23(27)26-13-7-10-17(14-26)22-24-18-11-5-6-12-19(18)29-22/h2-6,8-9,11-12,17H,7,10,13-14H2,1H3/t17-/m0/s1. The van der Waals surface area contributed by atoms with Crippen LogP contribution >= 0.6 is 11.3 Å². The van der Waals surface area contributed by atoms with Gasteiger partial charge in [0.05, 0.1) is 15.2 Å². The van der Waals surface area contributed by atoms with Gasteiger partial charge in [-0.05, 0) is 31.9 Å². The van der Waals surface area contributed by atoms with Crippen LogP contribution in [0.25, 0.3) is 21.5 Å². The minimum Gasteiger partial charge on any atom is -0.360 e. The first-order valence-corrected chi connectivity index (χ1v) is 10.7. The van der Waals surface area contributed by atoms with Crippen molar-refractivity contribution in [2.45, 2.75) is 25.7 Å². The maximum absolute atomic E-state index is 13.4. The molecule has 0 aliphatic carbocycles. The second-order valence-corrected chi connectivity index (χ2v) is 8.50. The highest BCUT2D eigenvalue weighted by Gasteiger charge is 2.31.